The molecule has 0 N–H and O–H groups in total. The zero-order chi connectivity index (χ0) is 16.5. The summed E-state index contributed by atoms with van der Waals surface area (Å²) in [5.74, 6) is 2.58. The minimum Gasteiger partial charge on any atom is -0.493 e. The summed E-state index contributed by atoms with van der Waals surface area (Å²) in [5, 5.41) is 0. The Morgan fingerprint density at radius 1 is 1.04 bits per heavy atom. The van der Waals surface area contributed by atoms with Crippen LogP contribution < -0.4 is 9.47 Å². The number of piperidine rings is 1. The summed E-state index contributed by atoms with van der Waals surface area (Å²) in [6.07, 6.45) is 0.974. The summed E-state index contributed by atoms with van der Waals surface area (Å²) >= 11 is 0. The number of benzene rings is 1. The van der Waals surface area contributed by atoms with Gasteiger partial charge < -0.3 is 14.2 Å². The monoisotopic (exact) mass is 317 g/mol. The molecule has 1 saturated heterocycles. The Bertz CT molecular complexity index is 635. The van der Waals surface area contributed by atoms with Crippen LogP contribution in [0.1, 0.15) is 50.4 Å². The van der Waals surface area contributed by atoms with Gasteiger partial charge in [-0.1, -0.05) is 0 Å². The molecule has 2 aliphatic heterocycles. The van der Waals surface area contributed by atoms with Crippen molar-refractivity contribution in [1.82, 2.24) is 4.90 Å². The normalized spacial score (nSPS) is 29.9. The Morgan fingerprint density at radius 3 is 1.91 bits per heavy atom. The molecule has 2 heterocycles. The molecule has 23 heavy (non-hydrogen) atoms. The first-order valence-corrected chi connectivity index (χ1v) is 8.13. The molecule has 5 nitrogen and oxygen atoms in total. The second-order valence-electron chi connectivity index (χ2n) is 7.68. The van der Waals surface area contributed by atoms with Crippen molar-refractivity contribution < 1.29 is 19.0 Å². The van der Waals surface area contributed by atoms with Gasteiger partial charge in [-0.25, -0.2) is 4.79 Å². The number of hydrogen-bond donors (Lipinski definition) is 0. The van der Waals surface area contributed by atoms with Crippen molar-refractivity contribution in [3.8, 4) is 11.5 Å². The van der Waals surface area contributed by atoms with Crippen LogP contribution in [0.25, 0.3) is 0 Å². The molecule has 1 saturated carbocycles. The lowest BCUT2D eigenvalue weighted by Gasteiger charge is -2.29. The van der Waals surface area contributed by atoms with Crippen LogP contribution in [-0.2, 0) is 4.74 Å². The number of fused-ring (bicyclic) bond motifs is 8. The van der Waals surface area contributed by atoms with Gasteiger partial charge in [0.2, 0.25) is 0 Å². The third-order valence-electron chi connectivity index (χ3n) is 5.13. The van der Waals surface area contributed by atoms with Gasteiger partial charge >= 0.3 is 6.09 Å². The molecule has 1 amide bonds. The van der Waals surface area contributed by atoms with Crippen molar-refractivity contribution >= 4 is 6.09 Å². The van der Waals surface area contributed by atoms with Crippen molar-refractivity contribution in [1.29, 1.82) is 0 Å². The van der Waals surface area contributed by atoms with Crippen LogP contribution in [0.4, 0.5) is 4.79 Å². The van der Waals surface area contributed by atoms with Crippen LogP contribution >= 0.6 is 0 Å². The topological polar surface area (TPSA) is 48.0 Å². The fraction of sp³-hybridized carbons (Fsp3) is 0.611. The Labute approximate surface area is 136 Å². The smallest absolute Gasteiger partial charge is 0.411 e. The number of hydrogen-bond acceptors (Lipinski definition) is 4. The minimum atomic E-state index is -0.481. The number of ether oxygens (including phenoxy) is 3. The highest BCUT2D eigenvalue weighted by atomic mass is 16.6. The van der Waals surface area contributed by atoms with Crippen molar-refractivity contribution in [2.45, 2.75) is 44.9 Å². The van der Waals surface area contributed by atoms with E-state index in [1.54, 1.807) is 14.2 Å². The third-order valence-corrected chi connectivity index (χ3v) is 5.13. The predicted molar refractivity (Wildman–Crippen MR) is 84.7 cm³/mol. The lowest BCUT2D eigenvalue weighted by molar-refractivity contribution is 0.0134. The van der Waals surface area contributed by atoms with Gasteiger partial charge in [-0.05, 0) is 62.3 Å². The standard InChI is InChI=1S/C18H23NO4/c1-18(2,3)23-17(20)19-15-9-6-10(9)16(19)12-8-14(22-5)13(21-4)7-11(12)15/h7-10,15-16H,6H2,1-5H3. The van der Waals surface area contributed by atoms with E-state index in [0.29, 0.717) is 11.8 Å². The molecule has 0 aromatic heterocycles. The van der Waals surface area contributed by atoms with Crippen molar-refractivity contribution in [3.63, 3.8) is 0 Å². The van der Waals surface area contributed by atoms with E-state index in [1.807, 2.05) is 37.8 Å². The fourth-order valence-corrected chi connectivity index (χ4v) is 4.27. The molecule has 1 aromatic rings. The van der Waals surface area contributed by atoms with E-state index in [2.05, 4.69) is 0 Å². The van der Waals surface area contributed by atoms with Gasteiger partial charge in [-0.2, -0.15) is 0 Å². The van der Waals surface area contributed by atoms with Gasteiger partial charge in [-0.15, -0.1) is 0 Å². The number of rotatable bonds is 2. The third kappa shape index (κ3) is 2.02. The number of carbonyl (C=O) groups excluding carboxylic acids is 1. The first-order chi connectivity index (χ1) is 10.9. The number of carbonyl (C=O) groups is 1. The molecule has 4 rings (SSSR count). The van der Waals surface area contributed by atoms with E-state index < -0.39 is 5.60 Å². The molecule has 2 fully saturated rings. The molecule has 0 spiro atoms. The zero-order valence-electron chi connectivity index (χ0n) is 14.3. The summed E-state index contributed by atoms with van der Waals surface area (Å²) in [7, 11) is 3.28. The van der Waals surface area contributed by atoms with Crippen LogP contribution in [-0.4, -0.2) is 30.8 Å². The van der Waals surface area contributed by atoms with Gasteiger partial charge in [0, 0.05) is 0 Å². The van der Waals surface area contributed by atoms with E-state index in [4.69, 9.17) is 14.2 Å². The van der Waals surface area contributed by atoms with Crippen LogP contribution in [0, 0.1) is 11.8 Å². The maximum Gasteiger partial charge on any atom is 0.411 e. The molecule has 4 unspecified atom stereocenters. The molecule has 2 bridgehead atoms. The number of methoxy groups -OCH3 is 2. The highest BCUT2D eigenvalue weighted by Crippen LogP contribution is 2.71. The van der Waals surface area contributed by atoms with Gasteiger partial charge in [0.1, 0.15) is 5.60 Å². The average Bonchev–Trinajstić information content (AvgIpc) is 3.12. The van der Waals surface area contributed by atoms with Crippen LogP contribution in [0.15, 0.2) is 12.1 Å². The van der Waals surface area contributed by atoms with Crippen LogP contribution in [0.2, 0.25) is 0 Å². The van der Waals surface area contributed by atoms with E-state index in [9.17, 15) is 4.79 Å². The molecule has 124 valence electrons. The molecule has 5 heteroatoms. The molecule has 1 aliphatic carbocycles. The Morgan fingerprint density at radius 2 is 1.52 bits per heavy atom. The van der Waals surface area contributed by atoms with E-state index in [1.165, 1.54) is 17.5 Å². The first kappa shape index (κ1) is 14.7. The molecule has 4 atom stereocenters. The van der Waals surface area contributed by atoms with Crippen molar-refractivity contribution in [2.75, 3.05) is 14.2 Å². The number of nitrogens with zero attached hydrogens (tertiary/aromatic N) is 1. The number of amides is 1. The Kier molecular flexibility index (Phi) is 2.91. The van der Waals surface area contributed by atoms with Crippen molar-refractivity contribution in [2.24, 2.45) is 11.8 Å². The molecular weight excluding hydrogens is 294 g/mol. The summed E-state index contributed by atoms with van der Waals surface area (Å²) in [5.41, 5.74) is 1.90. The fourth-order valence-electron chi connectivity index (χ4n) is 4.27. The van der Waals surface area contributed by atoms with E-state index in [0.717, 1.165) is 11.5 Å². The molecule has 1 aromatic carbocycles. The molecule has 3 aliphatic rings. The van der Waals surface area contributed by atoms with Crippen molar-refractivity contribution in [3.05, 3.63) is 23.3 Å². The van der Waals surface area contributed by atoms with E-state index in [-0.39, 0.29) is 18.2 Å². The summed E-state index contributed by atoms with van der Waals surface area (Å²) in [6.45, 7) is 5.72. The largest absolute Gasteiger partial charge is 0.493 e. The van der Waals surface area contributed by atoms with Gasteiger partial charge in [0.05, 0.1) is 26.3 Å². The maximum atomic E-state index is 12.7. The second kappa shape index (κ2) is 4.56. The zero-order valence-corrected chi connectivity index (χ0v) is 14.3. The molecular formula is C18H23NO4. The maximum absolute atomic E-state index is 12.7. The summed E-state index contributed by atoms with van der Waals surface area (Å²) in [6, 6.07) is 4.31. The predicted octanol–water partition coefficient (Wildman–Crippen LogP) is 3.69. The first-order valence-electron chi connectivity index (χ1n) is 8.13. The van der Waals surface area contributed by atoms with Crippen LogP contribution in [0.3, 0.4) is 0 Å². The highest BCUT2D eigenvalue weighted by Gasteiger charge is 2.66. The SMILES string of the molecule is COc1cc2c(cc1OC)C1C3CC3C2N1C(=O)OC(C)(C)C. The lowest BCUT2D eigenvalue weighted by atomic mass is 9.91. The van der Waals surface area contributed by atoms with E-state index >= 15 is 0 Å². The van der Waals surface area contributed by atoms with Gasteiger partial charge in [0.15, 0.2) is 11.5 Å². The van der Waals surface area contributed by atoms with Gasteiger partial charge in [-0.3, -0.25) is 4.90 Å². The lowest BCUT2D eigenvalue weighted by Crippen LogP contribution is -2.36. The average molecular weight is 317 g/mol. The van der Waals surface area contributed by atoms with Gasteiger partial charge in [0.25, 0.3) is 0 Å². The molecule has 0 radical (unpaired) electrons. The quantitative estimate of drug-likeness (QED) is 0.835. The van der Waals surface area contributed by atoms with Crippen LogP contribution in [0.5, 0.6) is 11.5 Å². The summed E-state index contributed by atoms with van der Waals surface area (Å²) < 4.78 is 16.5. The highest BCUT2D eigenvalue weighted by molar-refractivity contribution is 5.74. The minimum absolute atomic E-state index is 0.120. The summed E-state index contributed by atoms with van der Waals surface area (Å²) in [4.78, 5) is 14.6. The Balaban J connectivity index is 1.73. The Hall–Kier alpha value is -1.91. The second-order valence-corrected chi connectivity index (χ2v) is 7.68.